The van der Waals surface area contributed by atoms with Crippen molar-refractivity contribution >= 4 is 11.4 Å². The molecule has 0 heterocycles. The topological polar surface area (TPSA) is 3.24 Å². The zero-order valence-electron chi connectivity index (χ0n) is 22.9. The number of allylic oxidation sites excluding steroid dienone is 7. The van der Waals surface area contributed by atoms with Crippen molar-refractivity contribution in [3.8, 4) is 11.1 Å². The van der Waals surface area contributed by atoms with E-state index in [9.17, 15) is 0 Å². The Hall–Kier alpha value is -4.36. The van der Waals surface area contributed by atoms with Gasteiger partial charge in [-0.2, -0.15) is 0 Å². The predicted molar refractivity (Wildman–Crippen MR) is 169 cm³/mol. The molecular formula is C38H37N. The molecule has 1 heteroatoms. The normalized spacial score (nSPS) is 16.8. The average molecular weight is 508 g/mol. The van der Waals surface area contributed by atoms with E-state index in [-0.39, 0.29) is 0 Å². The van der Waals surface area contributed by atoms with Crippen LogP contribution in [0.5, 0.6) is 0 Å². The first-order valence-corrected chi connectivity index (χ1v) is 14.0. The first-order valence-electron chi connectivity index (χ1n) is 14.0. The summed E-state index contributed by atoms with van der Waals surface area (Å²) in [5, 5.41) is 0. The van der Waals surface area contributed by atoms with E-state index in [2.05, 4.69) is 170 Å². The van der Waals surface area contributed by atoms with Crippen molar-refractivity contribution in [3.63, 3.8) is 0 Å². The van der Waals surface area contributed by atoms with Crippen molar-refractivity contribution in [3.05, 3.63) is 168 Å². The zero-order chi connectivity index (χ0) is 26.9. The molecule has 0 amide bonds. The molecule has 0 bridgehead atoms. The molecule has 0 fully saturated rings. The number of rotatable bonds is 9. The van der Waals surface area contributed by atoms with E-state index in [1.54, 1.807) is 0 Å². The standard InChI is InChI=1S/C38H37N/c1-3-4-5-6-12-29-39(35-25-21-32(22-26-35)31-13-8-7-9-14-31)36-27-23-34(24-28-36)38-16-11-10-15-37(38)33-19-17-30(2)18-20-33/h4-28,37-38H,3,29H2,1-2H3/b5-4-,12-6-/t37-,38?/m0/s1. The van der Waals surface area contributed by atoms with Gasteiger partial charge in [0.05, 0.1) is 0 Å². The van der Waals surface area contributed by atoms with Crippen molar-refractivity contribution in [1.82, 2.24) is 0 Å². The number of nitrogens with zero attached hydrogens (tertiary/aromatic N) is 1. The SMILES string of the molecule is CC/C=C\C=C/CN(c1ccc(-c2ccccc2)cc1)c1ccc(C2C=CC=C[C@H]2c2ccc(C)cc2)cc1. The van der Waals surface area contributed by atoms with Crippen molar-refractivity contribution < 1.29 is 0 Å². The third-order valence-corrected chi connectivity index (χ3v) is 7.38. The van der Waals surface area contributed by atoms with Gasteiger partial charge < -0.3 is 4.90 Å². The van der Waals surface area contributed by atoms with Crippen LogP contribution in [-0.4, -0.2) is 6.54 Å². The lowest BCUT2D eigenvalue weighted by Gasteiger charge is -2.27. The monoisotopic (exact) mass is 507 g/mol. The molecule has 2 atom stereocenters. The molecule has 39 heavy (non-hydrogen) atoms. The van der Waals surface area contributed by atoms with Gasteiger partial charge in [-0.05, 0) is 59.9 Å². The Bertz CT molecular complexity index is 1440. The van der Waals surface area contributed by atoms with Crippen LogP contribution in [0.25, 0.3) is 11.1 Å². The van der Waals surface area contributed by atoms with E-state index >= 15 is 0 Å². The first-order chi connectivity index (χ1) is 19.2. The fourth-order valence-electron chi connectivity index (χ4n) is 5.19. The number of benzene rings is 4. The fourth-order valence-corrected chi connectivity index (χ4v) is 5.19. The molecule has 1 unspecified atom stereocenters. The van der Waals surface area contributed by atoms with Crippen LogP contribution in [-0.2, 0) is 0 Å². The summed E-state index contributed by atoms with van der Waals surface area (Å²) in [7, 11) is 0. The highest BCUT2D eigenvalue weighted by molar-refractivity contribution is 5.70. The van der Waals surface area contributed by atoms with Crippen LogP contribution in [0, 0.1) is 6.92 Å². The van der Waals surface area contributed by atoms with Gasteiger partial charge in [-0.15, -0.1) is 0 Å². The molecule has 0 aromatic heterocycles. The van der Waals surface area contributed by atoms with Gasteiger partial charge in [0, 0.05) is 29.8 Å². The minimum atomic E-state index is 0.324. The van der Waals surface area contributed by atoms with Crippen LogP contribution in [0.1, 0.15) is 41.9 Å². The van der Waals surface area contributed by atoms with Crippen molar-refractivity contribution in [2.45, 2.75) is 32.1 Å². The maximum atomic E-state index is 2.38. The lowest BCUT2D eigenvalue weighted by atomic mass is 9.79. The number of hydrogen-bond donors (Lipinski definition) is 0. The maximum absolute atomic E-state index is 2.38. The van der Waals surface area contributed by atoms with Crippen LogP contribution >= 0.6 is 0 Å². The summed E-state index contributed by atoms with van der Waals surface area (Å²) in [6, 6.07) is 37.6. The molecule has 0 saturated carbocycles. The number of aryl methyl sites for hydroxylation is 1. The Morgan fingerprint density at radius 3 is 1.69 bits per heavy atom. The van der Waals surface area contributed by atoms with E-state index < -0.39 is 0 Å². The van der Waals surface area contributed by atoms with Gasteiger partial charge >= 0.3 is 0 Å². The molecule has 0 aliphatic heterocycles. The second-order valence-corrected chi connectivity index (χ2v) is 10.1. The Balaban J connectivity index is 1.41. The van der Waals surface area contributed by atoms with E-state index in [1.165, 1.54) is 39.2 Å². The van der Waals surface area contributed by atoms with Gasteiger partial charge in [0.2, 0.25) is 0 Å². The highest BCUT2D eigenvalue weighted by Crippen LogP contribution is 2.39. The molecule has 5 rings (SSSR count). The maximum Gasteiger partial charge on any atom is 0.0415 e. The van der Waals surface area contributed by atoms with Gasteiger partial charge in [0.15, 0.2) is 0 Å². The zero-order valence-corrected chi connectivity index (χ0v) is 22.9. The molecule has 1 aliphatic carbocycles. The summed E-state index contributed by atoms with van der Waals surface area (Å²) < 4.78 is 0. The molecule has 0 saturated heterocycles. The van der Waals surface area contributed by atoms with Crippen LogP contribution in [0.4, 0.5) is 11.4 Å². The average Bonchev–Trinajstić information content (AvgIpc) is 3.00. The number of hydrogen-bond acceptors (Lipinski definition) is 1. The second kappa shape index (κ2) is 12.9. The Labute approximate surface area is 234 Å². The lowest BCUT2D eigenvalue weighted by molar-refractivity contribution is 0.729. The first kappa shape index (κ1) is 26.3. The van der Waals surface area contributed by atoms with Crippen LogP contribution < -0.4 is 4.90 Å². The van der Waals surface area contributed by atoms with Gasteiger partial charge in [0.25, 0.3) is 0 Å². The van der Waals surface area contributed by atoms with Crippen molar-refractivity contribution in [1.29, 1.82) is 0 Å². The molecule has 194 valence electrons. The van der Waals surface area contributed by atoms with E-state index in [0.29, 0.717) is 11.8 Å². The predicted octanol–water partition coefficient (Wildman–Crippen LogP) is 10.3. The second-order valence-electron chi connectivity index (χ2n) is 10.1. The molecule has 4 aromatic carbocycles. The summed E-state index contributed by atoms with van der Waals surface area (Å²) in [5.41, 5.74) is 8.84. The highest BCUT2D eigenvalue weighted by atomic mass is 15.1. The van der Waals surface area contributed by atoms with Crippen molar-refractivity contribution in [2.75, 3.05) is 11.4 Å². The van der Waals surface area contributed by atoms with Gasteiger partial charge in [-0.25, -0.2) is 0 Å². The van der Waals surface area contributed by atoms with Gasteiger partial charge in [-0.1, -0.05) is 140 Å². The highest BCUT2D eigenvalue weighted by Gasteiger charge is 2.22. The smallest absolute Gasteiger partial charge is 0.0415 e. The molecular weight excluding hydrogens is 470 g/mol. The third-order valence-electron chi connectivity index (χ3n) is 7.38. The number of anilines is 2. The van der Waals surface area contributed by atoms with Crippen LogP contribution in [0.3, 0.4) is 0 Å². The Morgan fingerprint density at radius 1 is 0.590 bits per heavy atom. The largest absolute Gasteiger partial charge is 0.338 e. The Kier molecular flexibility index (Phi) is 8.71. The van der Waals surface area contributed by atoms with Crippen LogP contribution in [0.15, 0.2) is 152 Å². The summed E-state index contributed by atoms with van der Waals surface area (Å²) in [5.74, 6) is 0.667. The van der Waals surface area contributed by atoms with E-state index in [0.717, 1.165) is 13.0 Å². The molecule has 4 aromatic rings. The van der Waals surface area contributed by atoms with Gasteiger partial charge in [-0.3, -0.25) is 0 Å². The third kappa shape index (κ3) is 6.56. The van der Waals surface area contributed by atoms with Crippen molar-refractivity contribution in [2.24, 2.45) is 0 Å². The van der Waals surface area contributed by atoms with E-state index in [1.807, 2.05) is 0 Å². The quantitative estimate of drug-likeness (QED) is 0.204. The molecule has 0 N–H and O–H groups in total. The summed E-state index contributed by atoms with van der Waals surface area (Å²) in [6.07, 6.45) is 18.8. The molecule has 1 nitrogen and oxygen atoms in total. The Morgan fingerprint density at radius 2 is 1.10 bits per heavy atom. The lowest BCUT2D eigenvalue weighted by Crippen LogP contribution is -2.17. The minimum absolute atomic E-state index is 0.324. The molecule has 0 spiro atoms. The van der Waals surface area contributed by atoms with Crippen LogP contribution in [0.2, 0.25) is 0 Å². The fraction of sp³-hybridized carbons (Fsp3) is 0.158. The summed E-state index contributed by atoms with van der Waals surface area (Å²) >= 11 is 0. The molecule has 0 radical (unpaired) electrons. The van der Waals surface area contributed by atoms with E-state index in [4.69, 9.17) is 0 Å². The van der Waals surface area contributed by atoms with Gasteiger partial charge in [0.1, 0.15) is 0 Å². The minimum Gasteiger partial charge on any atom is -0.338 e. The summed E-state index contributed by atoms with van der Waals surface area (Å²) in [4.78, 5) is 2.38. The molecule has 1 aliphatic rings. The summed E-state index contributed by atoms with van der Waals surface area (Å²) in [6.45, 7) is 5.11.